The van der Waals surface area contributed by atoms with Crippen LogP contribution < -0.4 is 0 Å². The number of hydrogen-bond donors (Lipinski definition) is 0. The second kappa shape index (κ2) is 4.58. The van der Waals surface area contributed by atoms with Gasteiger partial charge in [-0.05, 0) is 18.8 Å². The van der Waals surface area contributed by atoms with E-state index in [0.29, 0.717) is 0 Å². The molecular formula is C11H20. The molecule has 0 aromatic carbocycles. The zero-order valence-electron chi connectivity index (χ0n) is 7.90. The number of allylic oxidation sites excluding steroid dienone is 2. The summed E-state index contributed by atoms with van der Waals surface area (Å²) >= 11 is 0. The van der Waals surface area contributed by atoms with Crippen molar-refractivity contribution in [3.05, 3.63) is 11.6 Å². The minimum absolute atomic E-state index is 0.940. The third-order valence-corrected chi connectivity index (χ3v) is 2.40. The van der Waals surface area contributed by atoms with Crippen LogP contribution in [0, 0.1) is 5.92 Å². The highest BCUT2D eigenvalue weighted by Gasteiger charge is 2.11. The molecule has 0 saturated carbocycles. The normalized spacial score (nSPS) is 17.8. The van der Waals surface area contributed by atoms with Crippen molar-refractivity contribution in [2.24, 2.45) is 5.92 Å². The van der Waals surface area contributed by atoms with Gasteiger partial charge in [-0.3, -0.25) is 0 Å². The van der Waals surface area contributed by atoms with E-state index in [1.54, 1.807) is 5.57 Å². The third-order valence-electron chi connectivity index (χ3n) is 2.40. The van der Waals surface area contributed by atoms with Crippen molar-refractivity contribution in [3.8, 4) is 0 Å². The maximum Gasteiger partial charge on any atom is -0.0136 e. The highest BCUT2D eigenvalue weighted by atomic mass is 14.2. The van der Waals surface area contributed by atoms with E-state index in [9.17, 15) is 0 Å². The van der Waals surface area contributed by atoms with Gasteiger partial charge in [0.05, 0.1) is 0 Å². The molecule has 0 saturated heterocycles. The van der Waals surface area contributed by atoms with Crippen LogP contribution in [0.2, 0.25) is 0 Å². The topological polar surface area (TPSA) is 0 Å². The molecule has 0 aliphatic heterocycles. The molecule has 0 heterocycles. The monoisotopic (exact) mass is 152 g/mol. The molecule has 0 amide bonds. The highest BCUT2D eigenvalue weighted by molar-refractivity contribution is 5.21. The SMILES string of the molecule is CCCCCC(C)CC1=CC1. The van der Waals surface area contributed by atoms with E-state index in [1.807, 2.05) is 0 Å². The molecule has 0 spiro atoms. The molecule has 0 aromatic heterocycles. The summed E-state index contributed by atoms with van der Waals surface area (Å²) in [5.74, 6) is 0.940. The molecule has 64 valence electrons. The maximum absolute atomic E-state index is 2.38. The molecule has 1 aliphatic carbocycles. The first-order valence-corrected chi connectivity index (χ1v) is 5.00. The van der Waals surface area contributed by atoms with Crippen LogP contribution in [0.5, 0.6) is 0 Å². The lowest BCUT2D eigenvalue weighted by atomic mass is 9.99. The minimum Gasteiger partial charge on any atom is -0.0809 e. The van der Waals surface area contributed by atoms with Crippen molar-refractivity contribution in [1.29, 1.82) is 0 Å². The molecule has 1 aliphatic rings. The average molecular weight is 152 g/mol. The van der Waals surface area contributed by atoms with Gasteiger partial charge in [-0.1, -0.05) is 51.2 Å². The molecule has 0 bridgehead atoms. The highest BCUT2D eigenvalue weighted by Crippen LogP contribution is 2.28. The van der Waals surface area contributed by atoms with Crippen LogP contribution in [0.3, 0.4) is 0 Å². The molecule has 1 unspecified atom stereocenters. The minimum atomic E-state index is 0.940. The molecule has 0 radical (unpaired) electrons. The number of rotatable bonds is 6. The van der Waals surface area contributed by atoms with Gasteiger partial charge in [0.15, 0.2) is 0 Å². The summed E-state index contributed by atoms with van der Waals surface area (Å²) in [5.41, 5.74) is 1.70. The van der Waals surface area contributed by atoms with Gasteiger partial charge in [0.2, 0.25) is 0 Å². The van der Waals surface area contributed by atoms with Crippen molar-refractivity contribution in [2.75, 3.05) is 0 Å². The Balaban J connectivity index is 1.91. The van der Waals surface area contributed by atoms with Gasteiger partial charge in [-0.25, -0.2) is 0 Å². The summed E-state index contributed by atoms with van der Waals surface area (Å²) < 4.78 is 0. The molecule has 0 nitrogen and oxygen atoms in total. The van der Waals surface area contributed by atoms with Crippen LogP contribution in [0.1, 0.15) is 52.4 Å². The molecule has 1 rings (SSSR count). The van der Waals surface area contributed by atoms with Crippen molar-refractivity contribution < 1.29 is 0 Å². The average Bonchev–Trinajstić information content (AvgIpc) is 2.72. The van der Waals surface area contributed by atoms with E-state index in [4.69, 9.17) is 0 Å². The largest absolute Gasteiger partial charge is 0.0809 e. The van der Waals surface area contributed by atoms with Crippen molar-refractivity contribution in [3.63, 3.8) is 0 Å². The van der Waals surface area contributed by atoms with Crippen LogP contribution in [0.25, 0.3) is 0 Å². The molecule has 0 heteroatoms. The summed E-state index contributed by atoms with van der Waals surface area (Å²) in [4.78, 5) is 0. The Morgan fingerprint density at radius 1 is 1.45 bits per heavy atom. The lowest BCUT2D eigenvalue weighted by Gasteiger charge is -2.07. The summed E-state index contributed by atoms with van der Waals surface area (Å²) in [5, 5.41) is 0. The Bertz CT molecular complexity index is 133. The number of hydrogen-bond acceptors (Lipinski definition) is 0. The van der Waals surface area contributed by atoms with Crippen LogP contribution >= 0.6 is 0 Å². The first-order chi connectivity index (χ1) is 5.33. The van der Waals surface area contributed by atoms with Gasteiger partial charge in [0.25, 0.3) is 0 Å². The van der Waals surface area contributed by atoms with E-state index >= 15 is 0 Å². The number of unbranched alkanes of at least 4 members (excludes halogenated alkanes) is 2. The molecule has 0 N–H and O–H groups in total. The standard InChI is InChI=1S/C11H20/c1-3-4-5-6-10(2)9-11-7-8-11/h7,10H,3-6,8-9H2,1-2H3. The Hall–Kier alpha value is -0.260. The fraction of sp³-hybridized carbons (Fsp3) is 0.818. The first-order valence-electron chi connectivity index (χ1n) is 5.00. The first kappa shape index (κ1) is 8.83. The van der Waals surface area contributed by atoms with E-state index in [0.717, 1.165) is 5.92 Å². The van der Waals surface area contributed by atoms with Crippen molar-refractivity contribution in [1.82, 2.24) is 0 Å². The molecule has 1 atom stereocenters. The van der Waals surface area contributed by atoms with Crippen LogP contribution in [0.15, 0.2) is 11.6 Å². The van der Waals surface area contributed by atoms with Crippen LogP contribution in [-0.4, -0.2) is 0 Å². The van der Waals surface area contributed by atoms with Gasteiger partial charge >= 0.3 is 0 Å². The summed E-state index contributed by atoms with van der Waals surface area (Å²) in [6, 6.07) is 0. The van der Waals surface area contributed by atoms with Gasteiger partial charge < -0.3 is 0 Å². The molecule has 0 aromatic rings. The second-order valence-corrected chi connectivity index (χ2v) is 3.87. The Morgan fingerprint density at radius 2 is 2.18 bits per heavy atom. The Morgan fingerprint density at radius 3 is 2.73 bits per heavy atom. The predicted octanol–water partition coefficient (Wildman–Crippen LogP) is 3.92. The maximum atomic E-state index is 2.38. The van der Waals surface area contributed by atoms with Crippen LogP contribution in [-0.2, 0) is 0 Å². The van der Waals surface area contributed by atoms with E-state index < -0.39 is 0 Å². The fourth-order valence-corrected chi connectivity index (χ4v) is 1.53. The quantitative estimate of drug-likeness (QED) is 0.399. The van der Waals surface area contributed by atoms with Crippen molar-refractivity contribution >= 4 is 0 Å². The molecule has 11 heavy (non-hydrogen) atoms. The van der Waals surface area contributed by atoms with Gasteiger partial charge in [-0.2, -0.15) is 0 Å². The zero-order chi connectivity index (χ0) is 8.10. The summed E-state index contributed by atoms with van der Waals surface area (Å²) in [6.45, 7) is 4.66. The third kappa shape index (κ3) is 4.23. The van der Waals surface area contributed by atoms with Crippen molar-refractivity contribution in [2.45, 2.75) is 52.4 Å². The molecule has 0 fully saturated rings. The lowest BCUT2D eigenvalue weighted by molar-refractivity contribution is 0.495. The van der Waals surface area contributed by atoms with E-state index in [1.165, 1.54) is 38.5 Å². The smallest absolute Gasteiger partial charge is 0.0136 e. The molecular weight excluding hydrogens is 132 g/mol. The zero-order valence-corrected chi connectivity index (χ0v) is 7.90. The van der Waals surface area contributed by atoms with Gasteiger partial charge in [-0.15, -0.1) is 0 Å². The summed E-state index contributed by atoms with van der Waals surface area (Å²) in [6.07, 6.45) is 10.7. The Kier molecular flexibility index (Phi) is 3.68. The van der Waals surface area contributed by atoms with Crippen LogP contribution in [0.4, 0.5) is 0 Å². The van der Waals surface area contributed by atoms with Gasteiger partial charge in [0, 0.05) is 0 Å². The fourth-order valence-electron chi connectivity index (χ4n) is 1.53. The lowest BCUT2D eigenvalue weighted by Crippen LogP contribution is -1.92. The summed E-state index contributed by atoms with van der Waals surface area (Å²) in [7, 11) is 0. The second-order valence-electron chi connectivity index (χ2n) is 3.87. The Labute approximate surface area is 70.7 Å². The van der Waals surface area contributed by atoms with E-state index in [2.05, 4.69) is 19.9 Å². The van der Waals surface area contributed by atoms with E-state index in [-0.39, 0.29) is 0 Å². The van der Waals surface area contributed by atoms with Gasteiger partial charge in [0.1, 0.15) is 0 Å². The predicted molar refractivity (Wildman–Crippen MR) is 50.6 cm³/mol.